The molecule has 1 aliphatic rings. The maximum absolute atomic E-state index is 11.6. The Hall–Kier alpha value is -1.07. The number of hydrogen-bond donors (Lipinski definition) is 0. The molecule has 0 amide bonds. The second-order valence-electron chi connectivity index (χ2n) is 5.54. The number of benzene rings is 1. The largest absolute Gasteiger partial charge is 0.492 e. The topological polar surface area (TPSA) is 38.8 Å². The Morgan fingerprint density at radius 3 is 2.71 bits per heavy atom. The lowest BCUT2D eigenvalue weighted by Crippen LogP contribution is -2.35. The zero-order valence-electron chi connectivity index (χ0n) is 12.6. The molecule has 0 aromatic heterocycles. The van der Waals surface area contributed by atoms with Gasteiger partial charge in [0.15, 0.2) is 0 Å². The number of ether oxygens (including phenoxy) is 2. The molecule has 21 heavy (non-hydrogen) atoms. The van der Waals surface area contributed by atoms with E-state index in [-0.39, 0.29) is 5.97 Å². The highest BCUT2D eigenvalue weighted by atomic mass is 79.9. The summed E-state index contributed by atoms with van der Waals surface area (Å²) >= 11 is 3.39. The number of carbonyl (C=O) groups excluding carboxylic acids is 1. The fraction of sp³-hybridized carbons (Fsp3) is 0.562. The van der Waals surface area contributed by atoms with Gasteiger partial charge in [-0.3, -0.25) is 4.90 Å². The standard InChI is InChI=1S/C16H22BrNO3/c1-12-3-5-18(6-4-12)7-8-21-15-10-13(16(19)20-2)9-14(17)11-15/h9-12H,3-8H2,1-2H3. The van der Waals surface area contributed by atoms with Crippen LogP contribution in [0.15, 0.2) is 22.7 Å². The number of carbonyl (C=O) groups is 1. The van der Waals surface area contributed by atoms with Gasteiger partial charge in [0.05, 0.1) is 12.7 Å². The Labute approximate surface area is 134 Å². The molecule has 5 heteroatoms. The number of likely N-dealkylation sites (tertiary alicyclic amines) is 1. The average Bonchev–Trinajstić information content (AvgIpc) is 2.48. The average molecular weight is 356 g/mol. The summed E-state index contributed by atoms with van der Waals surface area (Å²) in [7, 11) is 1.38. The van der Waals surface area contributed by atoms with Gasteiger partial charge in [0.1, 0.15) is 12.4 Å². The third-order valence-corrected chi connectivity index (χ3v) is 4.30. The molecule has 0 radical (unpaired) electrons. The fourth-order valence-corrected chi connectivity index (χ4v) is 2.93. The Balaban J connectivity index is 1.85. The summed E-state index contributed by atoms with van der Waals surface area (Å²) in [6.45, 7) is 6.16. The molecule has 4 nitrogen and oxygen atoms in total. The quantitative estimate of drug-likeness (QED) is 0.759. The number of piperidine rings is 1. The van der Waals surface area contributed by atoms with Crippen molar-refractivity contribution in [1.29, 1.82) is 0 Å². The Bertz CT molecular complexity index is 484. The van der Waals surface area contributed by atoms with Crippen molar-refractivity contribution < 1.29 is 14.3 Å². The third kappa shape index (κ3) is 5.00. The predicted octanol–water partition coefficient (Wildman–Crippen LogP) is 3.35. The zero-order chi connectivity index (χ0) is 15.2. The van der Waals surface area contributed by atoms with Gasteiger partial charge in [0, 0.05) is 11.0 Å². The van der Waals surface area contributed by atoms with E-state index in [1.807, 2.05) is 6.07 Å². The van der Waals surface area contributed by atoms with Gasteiger partial charge in [0.25, 0.3) is 0 Å². The molecule has 0 saturated carbocycles. The van der Waals surface area contributed by atoms with Crippen molar-refractivity contribution in [3.8, 4) is 5.75 Å². The van der Waals surface area contributed by atoms with Crippen molar-refractivity contribution >= 4 is 21.9 Å². The summed E-state index contributed by atoms with van der Waals surface area (Å²) in [5.74, 6) is 1.18. The van der Waals surface area contributed by atoms with Crippen LogP contribution in [-0.2, 0) is 4.74 Å². The Kier molecular flexibility index (Phi) is 6.06. The molecule has 0 spiro atoms. The molecule has 1 aromatic carbocycles. The molecule has 0 aliphatic carbocycles. The summed E-state index contributed by atoms with van der Waals surface area (Å²) in [5.41, 5.74) is 0.494. The smallest absolute Gasteiger partial charge is 0.338 e. The van der Waals surface area contributed by atoms with Crippen molar-refractivity contribution in [1.82, 2.24) is 4.90 Å². The van der Waals surface area contributed by atoms with Gasteiger partial charge in [-0.2, -0.15) is 0 Å². The van der Waals surface area contributed by atoms with E-state index in [1.54, 1.807) is 12.1 Å². The molecule has 2 rings (SSSR count). The van der Waals surface area contributed by atoms with Crippen LogP contribution in [0.1, 0.15) is 30.1 Å². The van der Waals surface area contributed by atoms with Crippen LogP contribution in [0, 0.1) is 5.92 Å². The Morgan fingerprint density at radius 1 is 1.33 bits per heavy atom. The molecular formula is C16H22BrNO3. The number of halogens is 1. The van der Waals surface area contributed by atoms with E-state index in [2.05, 4.69) is 27.8 Å². The van der Waals surface area contributed by atoms with Crippen LogP contribution >= 0.6 is 15.9 Å². The van der Waals surface area contributed by atoms with Crippen LogP contribution in [0.4, 0.5) is 0 Å². The molecule has 0 atom stereocenters. The highest BCUT2D eigenvalue weighted by Gasteiger charge is 2.15. The van der Waals surface area contributed by atoms with Gasteiger partial charge < -0.3 is 9.47 Å². The first-order valence-corrected chi connectivity index (χ1v) is 8.12. The van der Waals surface area contributed by atoms with E-state index in [4.69, 9.17) is 9.47 Å². The van der Waals surface area contributed by atoms with Crippen LogP contribution < -0.4 is 4.74 Å². The van der Waals surface area contributed by atoms with Crippen molar-refractivity contribution in [3.05, 3.63) is 28.2 Å². The van der Waals surface area contributed by atoms with Crippen LogP contribution in [0.3, 0.4) is 0 Å². The number of nitrogens with zero attached hydrogens (tertiary/aromatic N) is 1. The molecule has 1 saturated heterocycles. The van der Waals surface area contributed by atoms with Crippen molar-refractivity contribution in [3.63, 3.8) is 0 Å². The van der Waals surface area contributed by atoms with E-state index in [9.17, 15) is 4.79 Å². The summed E-state index contributed by atoms with van der Waals surface area (Å²) in [5, 5.41) is 0. The van der Waals surface area contributed by atoms with Crippen LogP contribution in [0.2, 0.25) is 0 Å². The predicted molar refractivity (Wildman–Crippen MR) is 85.8 cm³/mol. The molecule has 116 valence electrons. The summed E-state index contributed by atoms with van der Waals surface area (Å²) in [6.07, 6.45) is 2.53. The number of hydrogen-bond acceptors (Lipinski definition) is 4. The Morgan fingerprint density at radius 2 is 2.05 bits per heavy atom. The molecule has 0 unspecified atom stereocenters. The van der Waals surface area contributed by atoms with Crippen molar-refractivity contribution in [2.24, 2.45) is 5.92 Å². The minimum absolute atomic E-state index is 0.355. The maximum Gasteiger partial charge on any atom is 0.338 e. The van der Waals surface area contributed by atoms with Gasteiger partial charge in [-0.25, -0.2) is 4.79 Å². The zero-order valence-corrected chi connectivity index (χ0v) is 14.2. The highest BCUT2D eigenvalue weighted by molar-refractivity contribution is 9.10. The lowest BCUT2D eigenvalue weighted by Gasteiger charge is -2.29. The summed E-state index contributed by atoms with van der Waals surface area (Å²) in [6, 6.07) is 5.31. The SMILES string of the molecule is COC(=O)c1cc(Br)cc(OCCN2CCC(C)CC2)c1. The molecule has 1 aliphatic heterocycles. The van der Waals surface area contributed by atoms with Gasteiger partial charge >= 0.3 is 5.97 Å². The third-order valence-electron chi connectivity index (χ3n) is 3.84. The number of esters is 1. The minimum Gasteiger partial charge on any atom is -0.492 e. The van der Waals surface area contributed by atoms with E-state index < -0.39 is 0 Å². The van der Waals surface area contributed by atoms with Crippen LogP contribution in [-0.4, -0.2) is 44.2 Å². The molecular weight excluding hydrogens is 334 g/mol. The molecule has 1 fully saturated rings. The van der Waals surface area contributed by atoms with Crippen LogP contribution in [0.5, 0.6) is 5.75 Å². The lowest BCUT2D eigenvalue weighted by atomic mass is 9.99. The molecule has 1 aromatic rings. The van der Waals surface area contributed by atoms with Gasteiger partial charge in [-0.15, -0.1) is 0 Å². The number of methoxy groups -OCH3 is 1. The number of rotatable bonds is 5. The van der Waals surface area contributed by atoms with E-state index in [0.717, 1.165) is 30.0 Å². The first-order valence-electron chi connectivity index (χ1n) is 7.32. The minimum atomic E-state index is -0.355. The first-order chi connectivity index (χ1) is 10.1. The second-order valence-corrected chi connectivity index (χ2v) is 6.46. The molecule has 0 bridgehead atoms. The summed E-state index contributed by atoms with van der Waals surface area (Å²) in [4.78, 5) is 14.0. The lowest BCUT2D eigenvalue weighted by molar-refractivity contribution is 0.0600. The summed E-state index contributed by atoms with van der Waals surface area (Å²) < 4.78 is 11.3. The van der Waals surface area contributed by atoms with Gasteiger partial charge in [0.2, 0.25) is 0 Å². The van der Waals surface area contributed by atoms with E-state index in [0.29, 0.717) is 17.9 Å². The molecule has 0 N–H and O–H groups in total. The van der Waals surface area contributed by atoms with E-state index in [1.165, 1.54) is 20.0 Å². The van der Waals surface area contributed by atoms with Crippen molar-refractivity contribution in [2.75, 3.05) is 33.4 Å². The molecule has 1 heterocycles. The van der Waals surface area contributed by atoms with Crippen LogP contribution in [0.25, 0.3) is 0 Å². The first kappa shape index (κ1) is 16.3. The maximum atomic E-state index is 11.6. The second kappa shape index (κ2) is 7.80. The fourth-order valence-electron chi connectivity index (χ4n) is 2.46. The normalized spacial score (nSPS) is 16.7. The van der Waals surface area contributed by atoms with E-state index >= 15 is 0 Å². The van der Waals surface area contributed by atoms with Gasteiger partial charge in [-0.05, 0) is 50.0 Å². The highest BCUT2D eigenvalue weighted by Crippen LogP contribution is 2.22. The monoisotopic (exact) mass is 355 g/mol. The van der Waals surface area contributed by atoms with Crippen molar-refractivity contribution in [2.45, 2.75) is 19.8 Å². The van der Waals surface area contributed by atoms with Gasteiger partial charge in [-0.1, -0.05) is 22.9 Å².